The molecule has 0 aromatic heterocycles. The molecule has 3 heteroatoms. The second-order valence-electron chi connectivity index (χ2n) is 4.22. The molecule has 0 saturated carbocycles. The van der Waals surface area contributed by atoms with E-state index in [0.29, 0.717) is 12.4 Å². The monoisotopic (exact) mass is 221 g/mol. The average Bonchev–Trinajstić information content (AvgIpc) is 2.76. The predicted molar refractivity (Wildman–Crippen MR) is 63.8 cm³/mol. The molecule has 0 unspecified atom stereocenters. The third-order valence-corrected chi connectivity index (χ3v) is 2.93. The third kappa shape index (κ3) is 2.67. The van der Waals surface area contributed by atoms with Crippen LogP contribution in [0.2, 0.25) is 0 Å². The van der Waals surface area contributed by atoms with Crippen molar-refractivity contribution in [3.8, 4) is 11.5 Å². The van der Waals surface area contributed by atoms with E-state index < -0.39 is 0 Å². The van der Waals surface area contributed by atoms with E-state index in [4.69, 9.17) is 4.74 Å². The van der Waals surface area contributed by atoms with Crippen LogP contribution in [0.15, 0.2) is 18.2 Å². The van der Waals surface area contributed by atoms with Crippen LogP contribution in [0.3, 0.4) is 0 Å². The van der Waals surface area contributed by atoms with Crippen molar-refractivity contribution >= 4 is 0 Å². The van der Waals surface area contributed by atoms with E-state index in [1.165, 1.54) is 31.5 Å². The molecular weight excluding hydrogens is 202 g/mol. The molecule has 0 radical (unpaired) electrons. The van der Waals surface area contributed by atoms with Gasteiger partial charge in [0.25, 0.3) is 0 Å². The summed E-state index contributed by atoms with van der Waals surface area (Å²) in [5.74, 6) is 0.825. The molecule has 0 bridgehead atoms. The summed E-state index contributed by atoms with van der Waals surface area (Å²) >= 11 is 0. The summed E-state index contributed by atoms with van der Waals surface area (Å²) in [5.41, 5.74) is 1.21. The topological polar surface area (TPSA) is 32.7 Å². The minimum Gasteiger partial charge on any atom is -0.504 e. The number of hydrogen-bond acceptors (Lipinski definition) is 3. The number of phenols is 1. The summed E-state index contributed by atoms with van der Waals surface area (Å²) in [6.45, 7) is 5.84. The van der Waals surface area contributed by atoms with E-state index in [1.807, 2.05) is 19.1 Å². The summed E-state index contributed by atoms with van der Waals surface area (Å²) in [7, 11) is 0. The summed E-state index contributed by atoms with van der Waals surface area (Å²) in [5, 5.41) is 9.59. The molecule has 1 N–H and O–H groups in total. The Morgan fingerprint density at radius 3 is 2.75 bits per heavy atom. The van der Waals surface area contributed by atoms with Crippen molar-refractivity contribution in [1.82, 2.24) is 4.90 Å². The number of nitrogens with zero attached hydrogens (tertiary/aromatic N) is 1. The quantitative estimate of drug-likeness (QED) is 0.847. The normalized spacial score (nSPS) is 16.6. The molecule has 2 rings (SSSR count). The second kappa shape index (κ2) is 5.21. The lowest BCUT2D eigenvalue weighted by atomic mass is 10.2. The Balaban J connectivity index is 2.05. The summed E-state index contributed by atoms with van der Waals surface area (Å²) in [6.07, 6.45) is 2.60. The van der Waals surface area contributed by atoms with Crippen molar-refractivity contribution in [2.45, 2.75) is 26.3 Å². The van der Waals surface area contributed by atoms with Crippen LogP contribution < -0.4 is 4.74 Å². The maximum absolute atomic E-state index is 9.59. The van der Waals surface area contributed by atoms with E-state index in [0.717, 1.165) is 6.54 Å². The van der Waals surface area contributed by atoms with Gasteiger partial charge in [-0.15, -0.1) is 0 Å². The number of benzene rings is 1. The third-order valence-electron chi connectivity index (χ3n) is 2.93. The van der Waals surface area contributed by atoms with Crippen LogP contribution in [0, 0.1) is 0 Å². The minimum absolute atomic E-state index is 0.229. The Labute approximate surface area is 96.6 Å². The number of phenolic OH excluding ortho intramolecular Hbond substituents is 1. The van der Waals surface area contributed by atoms with Gasteiger partial charge in [-0.3, -0.25) is 4.90 Å². The van der Waals surface area contributed by atoms with Gasteiger partial charge in [0.2, 0.25) is 0 Å². The van der Waals surface area contributed by atoms with Crippen LogP contribution in [0.1, 0.15) is 25.3 Å². The van der Waals surface area contributed by atoms with Gasteiger partial charge in [-0.2, -0.15) is 0 Å². The van der Waals surface area contributed by atoms with E-state index >= 15 is 0 Å². The molecule has 1 fully saturated rings. The van der Waals surface area contributed by atoms with Gasteiger partial charge in [-0.25, -0.2) is 0 Å². The lowest BCUT2D eigenvalue weighted by Crippen LogP contribution is -2.18. The van der Waals surface area contributed by atoms with Gasteiger partial charge in [-0.05, 0) is 50.6 Å². The van der Waals surface area contributed by atoms with Gasteiger partial charge in [0.1, 0.15) is 0 Å². The molecule has 0 aliphatic carbocycles. The van der Waals surface area contributed by atoms with Crippen molar-refractivity contribution in [1.29, 1.82) is 0 Å². The van der Waals surface area contributed by atoms with E-state index in [1.54, 1.807) is 6.07 Å². The number of likely N-dealkylation sites (tertiary alicyclic amines) is 1. The van der Waals surface area contributed by atoms with E-state index in [9.17, 15) is 5.11 Å². The van der Waals surface area contributed by atoms with E-state index in [-0.39, 0.29) is 5.75 Å². The molecule has 1 aliphatic heterocycles. The second-order valence-corrected chi connectivity index (χ2v) is 4.22. The van der Waals surface area contributed by atoms with Crippen molar-refractivity contribution in [3.05, 3.63) is 23.8 Å². The first-order chi connectivity index (χ1) is 7.79. The van der Waals surface area contributed by atoms with Gasteiger partial charge < -0.3 is 9.84 Å². The van der Waals surface area contributed by atoms with Crippen molar-refractivity contribution < 1.29 is 9.84 Å². The first-order valence-corrected chi connectivity index (χ1v) is 5.96. The predicted octanol–water partition coefficient (Wildman–Crippen LogP) is 2.39. The Hall–Kier alpha value is -1.22. The molecule has 1 aromatic carbocycles. The first kappa shape index (κ1) is 11.3. The standard InChI is InChI=1S/C13H19NO2/c1-2-16-13-9-11(5-6-12(13)15)10-14-7-3-4-8-14/h5-6,9,15H,2-4,7-8,10H2,1H3. The Morgan fingerprint density at radius 1 is 1.31 bits per heavy atom. The SMILES string of the molecule is CCOc1cc(CN2CCCC2)ccc1O. The van der Waals surface area contributed by atoms with Crippen molar-refractivity contribution in [3.63, 3.8) is 0 Å². The zero-order chi connectivity index (χ0) is 11.4. The van der Waals surface area contributed by atoms with Crippen molar-refractivity contribution in [2.24, 2.45) is 0 Å². The molecule has 16 heavy (non-hydrogen) atoms. The molecule has 1 aliphatic rings. The number of rotatable bonds is 4. The maximum Gasteiger partial charge on any atom is 0.161 e. The minimum atomic E-state index is 0.229. The fourth-order valence-corrected chi connectivity index (χ4v) is 2.13. The highest BCUT2D eigenvalue weighted by molar-refractivity contribution is 5.41. The number of aromatic hydroxyl groups is 1. The molecule has 0 atom stereocenters. The largest absolute Gasteiger partial charge is 0.504 e. The summed E-state index contributed by atoms with van der Waals surface area (Å²) in [6, 6.07) is 5.63. The number of ether oxygens (including phenoxy) is 1. The zero-order valence-corrected chi connectivity index (χ0v) is 9.78. The van der Waals surface area contributed by atoms with Gasteiger partial charge in [0.15, 0.2) is 11.5 Å². The Bertz CT molecular complexity index is 346. The first-order valence-electron chi connectivity index (χ1n) is 5.96. The highest BCUT2D eigenvalue weighted by Crippen LogP contribution is 2.27. The molecule has 1 aromatic rings. The molecular formula is C13H19NO2. The highest BCUT2D eigenvalue weighted by Gasteiger charge is 2.12. The van der Waals surface area contributed by atoms with Crippen LogP contribution >= 0.6 is 0 Å². The van der Waals surface area contributed by atoms with Gasteiger partial charge in [-0.1, -0.05) is 6.07 Å². The fraction of sp³-hybridized carbons (Fsp3) is 0.538. The number of hydrogen-bond donors (Lipinski definition) is 1. The van der Waals surface area contributed by atoms with Crippen molar-refractivity contribution in [2.75, 3.05) is 19.7 Å². The summed E-state index contributed by atoms with van der Waals surface area (Å²) in [4.78, 5) is 2.43. The highest BCUT2D eigenvalue weighted by atomic mass is 16.5. The van der Waals surface area contributed by atoms with Crippen LogP contribution in [0.25, 0.3) is 0 Å². The molecule has 3 nitrogen and oxygen atoms in total. The van der Waals surface area contributed by atoms with Crippen LogP contribution in [0.5, 0.6) is 11.5 Å². The fourth-order valence-electron chi connectivity index (χ4n) is 2.13. The molecule has 88 valence electrons. The average molecular weight is 221 g/mol. The lowest BCUT2D eigenvalue weighted by molar-refractivity contribution is 0.312. The molecule has 0 amide bonds. The van der Waals surface area contributed by atoms with Crippen LogP contribution in [0.4, 0.5) is 0 Å². The molecule has 0 spiro atoms. The maximum atomic E-state index is 9.59. The Kier molecular flexibility index (Phi) is 3.67. The van der Waals surface area contributed by atoms with Gasteiger partial charge >= 0.3 is 0 Å². The smallest absolute Gasteiger partial charge is 0.161 e. The molecule has 1 saturated heterocycles. The van der Waals surface area contributed by atoms with Crippen LogP contribution in [-0.4, -0.2) is 29.7 Å². The van der Waals surface area contributed by atoms with Gasteiger partial charge in [0.05, 0.1) is 6.61 Å². The Morgan fingerprint density at radius 2 is 2.06 bits per heavy atom. The van der Waals surface area contributed by atoms with E-state index in [2.05, 4.69) is 4.90 Å². The summed E-state index contributed by atoms with van der Waals surface area (Å²) < 4.78 is 5.37. The molecule has 1 heterocycles. The lowest BCUT2D eigenvalue weighted by Gasteiger charge is -2.15. The van der Waals surface area contributed by atoms with Crippen LogP contribution in [-0.2, 0) is 6.54 Å². The van der Waals surface area contributed by atoms with Gasteiger partial charge in [0, 0.05) is 6.54 Å². The zero-order valence-electron chi connectivity index (χ0n) is 9.78.